The van der Waals surface area contributed by atoms with Gasteiger partial charge in [-0.3, -0.25) is 9.59 Å². The monoisotopic (exact) mass is 353 g/mol. The average Bonchev–Trinajstić information content (AvgIpc) is 2.60. The van der Waals surface area contributed by atoms with Crippen LogP contribution in [0.25, 0.3) is 0 Å². The van der Waals surface area contributed by atoms with E-state index in [2.05, 4.69) is 13.8 Å². The van der Waals surface area contributed by atoms with Crippen LogP contribution in [0.15, 0.2) is 18.2 Å². The summed E-state index contributed by atoms with van der Waals surface area (Å²) in [4.78, 5) is 26.0. The predicted molar refractivity (Wildman–Crippen MR) is 90.0 cm³/mol. The molecule has 0 spiro atoms. The van der Waals surface area contributed by atoms with Crippen LogP contribution in [-0.2, 0) is 9.53 Å². The van der Waals surface area contributed by atoms with Crippen LogP contribution in [0, 0.1) is 23.5 Å². The minimum absolute atomic E-state index is 0.119. The SMILES string of the molecule is CC(C)CCCOC(=O)C1CCN(C(=O)c2ccc(F)c(F)c2)CC1. The van der Waals surface area contributed by atoms with Crippen molar-refractivity contribution in [2.24, 2.45) is 11.8 Å². The number of benzene rings is 1. The van der Waals surface area contributed by atoms with E-state index in [-0.39, 0.29) is 23.4 Å². The van der Waals surface area contributed by atoms with E-state index in [0.717, 1.165) is 25.0 Å². The lowest BCUT2D eigenvalue weighted by atomic mass is 9.96. The topological polar surface area (TPSA) is 46.6 Å². The molecule has 138 valence electrons. The van der Waals surface area contributed by atoms with Crippen LogP contribution in [0.2, 0.25) is 0 Å². The second kappa shape index (κ2) is 8.92. The number of carbonyl (C=O) groups is 2. The van der Waals surface area contributed by atoms with Gasteiger partial charge in [0.25, 0.3) is 5.91 Å². The summed E-state index contributed by atoms with van der Waals surface area (Å²) in [7, 11) is 0. The van der Waals surface area contributed by atoms with Crippen molar-refractivity contribution in [3.8, 4) is 0 Å². The number of rotatable bonds is 6. The first-order valence-electron chi connectivity index (χ1n) is 8.79. The Morgan fingerprint density at radius 3 is 2.48 bits per heavy atom. The molecule has 6 heteroatoms. The van der Waals surface area contributed by atoms with Crippen molar-refractivity contribution in [1.82, 2.24) is 4.90 Å². The molecular weight excluding hydrogens is 328 g/mol. The molecule has 0 N–H and O–H groups in total. The first-order valence-corrected chi connectivity index (χ1v) is 8.79. The van der Waals surface area contributed by atoms with Gasteiger partial charge in [-0.1, -0.05) is 13.8 Å². The van der Waals surface area contributed by atoms with Crippen molar-refractivity contribution >= 4 is 11.9 Å². The highest BCUT2D eigenvalue weighted by molar-refractivity contribution is 5.94. The standard InChI is InChI=1S/C19H25F2NO3/c1-13(2)4-3-11-25-19(24)14-7-9-22(10-8-14)18(23)15-5-6-16(20)17(21)12-15/h5-6,12-14H,3-4,7-11H2,1-2H3. The number of ether oxygens (including phenoxy) is 1. The van der Waals surface area contributed by atoms with Gasteiger partial charge in [-0.2, -0.15) is 0 Å². The third-order valence-corrected chi connectivity index (χ3v) is 4.45. The van der Waals surface area contributed by atoms with Crippen LogP contribution in [0.3, 0.4) is 0 Å². The highest BCUT2D eigenvalue weighted by Crippen LogP contribution is 2.21. The van der Waals surface area contributed by atoms with E-state index in [1.807, 2.05) is 0 Å². The summed E-state index contributed by atoms with van der Waals surface area (Å²) in [5.74, 6) is -2.18. The third-order valence-electron chi connectivity index (χ3n) is 4.45. The number of halogens is 2. The summed E-state index contributed by atoms with van der Waals surface area (Å²) in [6.45, 7) is 5.50. The van der Waals surface area contributed by atoms with Crippen molar-refractivity contribution in [3.05, 3.63) is 35.4 Å². The van der Waals surface area contributed by atoms with Crippen molar-refractivity contribution in [2.45, 2.75) is 39.5 Å². The number of likely N-dealkylation sites (tertiary alicyclic amines) is 1. The van der Waals surface area contributed by atoms with E-state index in [1.165, 1.54) is 6.07 Å². The smallest absolute Gasteiger partial charge is 0.309 e. The molecule has 0 bridgehead atoms. The summed E-state index contributed by atoms with van der Waals surface area (Å²) in [6.07, 6.45) is 2.93. The van der Waals surface area contributed by atoms with Gasteiger partial charge < -0.3 is 9.64 Å². The summed E-state index contributed by atoms with van der Waals surface area (Å²) in [5.41, 5.74) is 0.119. The molecule has 25 heavy (non-hydrogen) atoms. The number of amides is 1. The molecule has 1 saturated heterocycles. The molecule has 1 heterocycles. The van der Waals surface area contributed by atoms with Crippen molar-refractivity contribution < 1.29 is 23.1 Å². The predicted octanol–water partition coefficient (Wildman–Crippen LogP) is 3.80. The molecule has 0 saturated carbocycles. The van der Waals surface area contributed by atoms with Gasteiger partial charge in [0.1, 0.15) is 0 Å². The van der Waals surface area contributed by atoms with Gasteiger partial charge in [-0.25, -0.2) is 8.78 Å². The van der Waals surface area contributed by atoms with Gasteiger partial charge in [0.2, 0.25) is 0 Å². The highest BCUT2D eigenvalue weighted by atomic mass is 19.2. The number of hydrogen-bond acceptors (Lipinski definition) is 3. The normalized spacial score (nSPS) is 15.5. The average molecular weight is 353 g/mol. The Morgan fingerprint density at radius 2 is 1.88 bits per heavy atom. The number of carbonyl (C=O) groups excluding carboxylic acids is 2. The highest BCUT2D eigenvalue weighted by Gasteiger charge is 2.29. The Balaban J connectivity index is 1.79. The zero-order valence-corrected chi connectivity index (χ0v) is 14.8. The second-order valence-electron chi connectivity index (χ2n) is 6.90. The fraction of sp³-hybridized carbons (Fsp3) is 0.579. The molecule has 4 nitrogen and oxygen atoms in total. The maximum atomic E-state index is 13.3. The van der Waals surface area contributed by atoms with Crippen molar-refractivity contribution in [3.63, 3.8) is 0 Å². The fourth-order valence-electron chi connectivity index (χ4n) is 2.91. The Hall–Kier alpha value is -1.98. The minimum Gasteiger partial charge on any atom is -0.465 e. The van der Waals surface area contributed by atoms with Gasteiger partial charge in [-0.05, 0) is 49.8 Å². The van der Waals surface area contributed by atoms with Gasteiger partial charge in [0.15, 0.2) is 11.6 Å². The Kier molecular flexibility index (Phi) is 6.91. The largest absolute Gasteiger partial charge is 0.465 e. The molecule has 1 amide bonds. The molecule has 1 aliphatic rings. The van der Waals surface area contributed by atoms with Gasteiger partial charge in [0.05, 0.1) is 12.5 Å². The third kappa shape index (κ3) is 5.51. The Bertz CT molecular complexity index is 611. The second-order valence-corrected chi connectivity index (χ2v) is 6.90. The van der Waals surface area contributed by atoms with Crippen LogP contribution in [-0.4, -0.2) is 36.5 Å². The van der Waals surface area contributed by atoms with Crippen LogP contribution in [0.4, 0.5) is 8.78 Å². The number of esters is 1. The molecule has 1 aromatic carbocycles. The van der Waals surface area contributed by atoms with E-state index < -0.39 is 11.6 Å². The Morgan fingerprint density at radius 1 is 1.20 bits per heavy atom. The van der Waals surface area contributed by atoms with Crippen LogP contribution in [0.1, 0.15) is 49.9 Å². The van der Waals surface area contributed by atoms with Crippen molar-refractivity contribution in [2.75, 3.05) is 19.7 Å². The van der Waals surface area contributed by atoms with Crippen LogP contribution >= 0.6 is 0 Å². The molecule has 0 atom stereocenters. The lowest BCUT2D eigenvalue weighted by Crippen LogP contribution is -2.40. The van der Waals surface area contributed by atoms with Gasteiger partial charge >= 0.3 is 5.97 Å². The molecule has 1 aromatic rings. The van der Waals surface area contributed by atoms with E-state index in [1.54, 1.807) is 4.90 Å². The zero-order valence-electron chi connectivity index (χ0n) is 14.8. The molecular formula is C19H25F2NO3. The number of nitrogens with zero attached hydrogens (tertiary/aromatic N) is 1. The summed E-state index contributed by atoms with van der Waals surface area (Å²) in [6, 6.07) is 3.13. The maximum absolute atomic E-state index is 13.3. The summed E-state index contributed by atoms with van der Waals surface area (Å²) in [5, 5.41) is 0. The first kappa shape index (κ1) is 19.3. The van der Waals surface area contributed by atoms with Gasteiger partial charge in [-0.15, -0.1) is 0 Å². The molecule has 0 aliphatic carbocycles. The molecule has 0 unspecified atom stereocenters. The van der Waals surface area contributed by atoms with Crippen molar-refractivity contribution in [1.29, 1.82) is 0 Å². The van der Waals surface area contributed by atoms with Gasteiger partial charge in [0, 0.05) is 18.7 Å². The van der Waals surface area contributed by atoms with E-state index in [0.29, 0.717) is 38.5 Å². The van der Waals surface area contributed by atoms with Crippen LogP contribution in [0.5, 0.6) is 0 Å². The molecule has 1 aliphatic heterocycles. The van der Waals surface area contributed by atoms with E-state index in [9.17, 15) is 18.4 Å². The minimum atomic E-state index is -1.04. The number of hydrogen-bond donors (Lipinski definition) is 0. The fourth-order valence-corrected chi connectivity index (χ4v) is 2.91. The van der Waals surface area contributed by atoms with E-state index >= 15 is 0 Å². The lowest BCUT2D eigenvalue weighted by Gasteiger charge is -2.31. The van der Waals surface area contributed by atoms with E-state index in [4.69, 9.17) is 4.74 Å². The lowest BCUT2D eigenvalue weighted by molar-refractivity contribution is -0.150. The molecule has 2 rings (SSSR count). The summed E-state index contributed by atoms with van der Waals surface area (Å²) < 4.78 is 31.5. The zero-order chi connectivity index (χ0) is 18.4. The molecule has 0 aromatic heterocycles. The van der Waals surface area contributed by atoms with Crippen LogP contribution < -0.4 is 0 Å². The number of piperidine rings is 1. The summed E-state index contributed by atoms with van der Waals surface area (Å²) >= 11 is 0. The quantitative estimate of drug-likeness (QED) is 0.577. The maximum Gasteiger partial charge on any atom is 0.309 e. The first-order chi connectivity index (χ1) is 11.9. The molecule has 1 fully saturated rings. The molecule has 0 radical (unpaired) electrons. The Labute approximate surface area is 147 Å².